The minimum Gasteiger partial charge on any atom is -0.322 e. The van der Waals surface area contributed by atoms with E-state index >= 15 is 0 Å². The Balaban J connectivity index is 1.66. The molecule has 0 atom stereocenters. The number of aromatic nitrogens is 1. The first-order valence-electron chi connectivity index (χ1n) is 9.56. The molecule has 0 saturated carbocycles. The SMILES string of the molecule is Cc1ccc(NC(=O)Nc2ccc(Cl)c(C(F)(F)F)c2)cc1NC(=O)/C=C\c1cccnc1. The second kappa shape index (κ2) is 10.2. The minimum atomic E-state index is -4.65. The standard InChI is InChI=1S/C23H18ClF3N4O2/c1-14-4-6-17(12-20(14)31-21(32)9-5-15-3-2-10-28-13-15)30-22(33)29-16-7-8-19(24)18(11-16)23(25,26)27/h2-13H,1H3,(H,31,32)(H2,29,30,33)/b9-5-. The molecule has 1 heterocycles. The zero-order valence-corrected chi connectivity index (χ0v) is 18.0. The Kier molecular flexibility index (Phi) is 7.34. The van der Waals surface area contributed by atoms with Crippen LogP contribution in [0.3, 0.4) is 0 Å². The van der Waals surface area contributed by atoms with Gasteiger partial charge in [0, 0.05) is 35.5 Å². The number of hydrogen-bond acceptors (Lipinski definition) is 3. The summed E-state index contributed by atoms with van der Waals surface area (Å²) in [6, 6.07) is 10.7. The van der Waals surface area contributed by atoms with Crippen molar-refractivity contribution in [2.45, 2.75) is 13.1 Å². The zero-order chi connectivity index (χ0) is 24.0. The average molecular weight is 475 g/mol. The molecule has 0 aliphatic heterocycles. The lowest BCUT2D eigenvalue weighted by molar-refractivity contribution is -0.137. The maximum atomic E-state index is 13.0. The van der Waals surface area contributed by atoms with Crippen LogP contribution in [0.15, 0.2) is 67.0 Å². The number of carbonyl (C=O) groups excluding carboxylic acids is 2. The molecule has 3 N–H and O–H groups in total. The van der Waals surface area contributed by atoms with Crippen molar-refractivity contribution in [1.29, 1.82) is 0 Å². The molecule has 10 heteroatoms. The number of nitrogens with zero attached hydrogens (tertiary/aromatic N) is 1. The van der Waals surface area contributed by atoms with E-state index in [1.807, 2.05) is 0 Å². The molecule has 3 rings (SSSR count). The van der Waals surface area contributed by atoms with Crippen molar-refractivity contribution in [3.8, 4) is 0 Å². The predicted octanol–water partition coefficient (Wildman–Crippen LogP) is 6.36. The fourth-order valence-electron chi connectivity index (χ4n) is 2.77. The topological polar surface area (TPSA) is 83.1 Å². The van der Waals surface area contributed by atoms with Gasteiger partial charge in [-0.25, -0.2) is 4.79 Å². The molecule has 0 radical (unpaired) electrons. The van der Waals surface area contributed by atoms with Crippen LogP contribution in [-0.4, -0.2) is 16.9 Å². The molecule has 0 aliphatic rings. The van der Waals surface area contributed by atoms with Gasteiger partial charge >= 0.3 is 12.2 Å². The van der Waals surface area contributed by atoms with Crippen LogP contribution in [0.5, 0.6) is 0 Å². The minimum absolute atomic E-state index is 0.0783. The number of alkyl halides is 3. The summed E-state index contributed by atoms with van der Waals surface area (Å²) in [5.74, 6) is -0.385. The molecule has 0 unspecified atom stereocenters. The number of aryl methyl sites for hydroxylation is 1. The third-order valence-corrected chi connectivity index (χ3v) is 4.72. The molecule has 0 fully saturated rings. The number of hydrogen-bond donors (Lipinski definition) is 3. The van der Waals surface area contributed by atoms with Gasteiger partial charge in [0.05, 0.1) is 10.6 Å². The molecule has 170 valence electrons. The smallest absolute Gasteiger partial charge is 0.322 e. The molecule has 33 heavy (non-hydrogen) atoms. The van der Waals surface area contributed by atoms with Crippen LogP contribution in [0.4, 0.5) is 35.0 Å². The van der Waals surface area contributed by atoms with Crippen molar-refractivity contribution in [2.75, 3.05) is 16.0 Å². The Hall–Kier alpha value is -3.85. The van der Waals surface area contributed by atoms with Crippen LogP contribution in [0.1, 0.15) is 16.7 Å². The summed E-state index contributed by atoms with van der Waals surface area (Å²) >= 11 is 5.59. The van der Waals surface area contributed by atoms with Gasteiger partial charge in [0.15, 0.2) is 0 Å². The van der Waals surface area contributed by atoms with E-state index in [4.69, 9.17) is 11.6 Å². The highest BCUT2D eigenvalue weighted by atomic mass is 35.5. The van der Waals surface area contributed by atoms with Gasteiger partial charge in [-0.15, -0.1) is 0 Å². The first-order valence-corrected chi connectivity index (χ1v) is 9.94. The van der Waals surface area contributed by atoms with Crippen molar-refractivity contribution < 1.29 is 22.8 Å². The van der Waals surface area contributed by atoms with E-state index in [9.17, 15) is 22.8 Å². The van der Waals surface area contributed by atoms with Crippen LogP contribution in [0, 0.1) is 6.92 Å². The third-order valence-electron chi connectivity index (χ3n) is 4.39. The Bertz CT molecular complexity index is 1200. The van der Waals surface area contributed by atoms with Crippen molar-refractivity contribution in [2.24, 2.45) is 0 Å². The Morgan fingerprint density at radius 1 is 1.00 bits per heavy atom. The summed E-state index contributed by atoms with van der Waals surface area (Å²) in [5.41, 5.74) is 1.16. The molecule has 6 nitrogen and oxygen atoms in total. The maximum Gasteiger partial charge on any atom is 0.417 e. The maximum absolute atomic E-state index is 13.0. The number of halogens is 4. The van der Waals surface area contributed by atoms with Crippen molar-refractivity contribution in [3.63, 3.8) is 0 Å². The normalized spacial score (nSPS) is 11.3. The Labute approximate surface area is 192 Å². The highest BCUT2D eigenvalue weighted by Crippen LogP contribution is 2.36. The molecule has 1 aromatic heterocycles. The fraction of sp³-hybridized carbons (Fsp3) is 0.0870. The lowest BCUT2D eigenvalue weighted by Gasteiger charge is -2.13. The van der Waals surface area contributed by atoms with Gasteiger partial charge in [-0.2, -0.15) is 13.2 Å². The Morgan fingerprint density at radius 3 is 2.36 bits per heavy atom. The van der Waals surface area contributed by atoms with Crippen molar-refractivity contribution in [3.05, 3.63) is 88.7 Å². The average Bonchev–Trinajstić information content (AvgIpc) is 2.76. The monoisotopic (exact) mass is 474 g/mol. The molecule has 0 spiro atoms. The number of urea groups is 1. The highest BCUT2D eigenvalue weighted by molar-refractivity contribution is 6.31. The first-order chi connectivity index (χ1) is 15.6. The van der Waals surface area contributed by atoms with Crippen molar-refractivity contribution in [1.82, 2.24) is 4.98 Å². The first kappa shape index (κ1) is 23.8. The second-order valence-electron chi connectivity index (χ2n) is 6.91. The number of amides is 3. The van der Waals surface area contributed by atoms with Crippen LogP contribution < -0.4 is 16.0 Å². The van der Waals surface area contributed by atoms with Gasteiger partial charge in [0.1, 0.15) is 0 Å². The van der Waals surface area contributed by atoms with Gasteiger partial charge in [-0.3, -0.25) is 9.78 Å². The number of carbonyl (C=O) groups is 2. The van der Waals surface area contributed by atoms with Gasteiger partial charge in [-0.05, 0) is 60.5 Å². The van der Waals surface area contributed by atoms with Crippen molar-refractivity contribution >= 4 is 46.7 Å². The molecule has 3 aromatic rings. The number of benzene rings is 2. The van der Waals surface area contributed by atoms with Crippen LogP contribution >= 0.6 is 11.6 Å². The van der Waals surface area contributed by atoms with E-state index in [0.717, 1.165) is 23.3 Å². The number of rotatable bonds is 5. The highest BCUT2D eigenvalue weighted by Gasteiger charge is 2.33. The molecular formula is C23H18ClF3N4O2. The second-order valence-corrected chi connectivity index (χ2v) is 7.32. The summed E-state index contributed by atoms with van der Waals surface area (Å²) in [7, 11) is 0. The quantitative estimate of drug-likeness (QED) is 0.376. The molecule has 3 amide bonds. The van der Waals surface area contributed by atoms with Gasteiger partial charge in [0.25, 0.3) is 0 Å². The fourth-order valence-corrected chi connectivity index (χ4v) is 2.99. The Morgan fingerprint density at radius 2 is 1.70 bits per heavy atom. The van der Waals surface area contributed by atoms with E-state index in [1.54, 1.807) is 49.7 Å². The van der Waals surface area contributed by atoms with E-state index in [-0.39, 0.29) is 11.6 Å². The lowest BCUT2D eigenvalue weighted by Crippen LogP contribution is -2.20. The third kappa shape index (κ3) is 6.81. The molecule has 2 aromatic carbocycles. The summed E-state index contributed by atoms with van der Waals surface area (Å²) in [6.45, 7) is 1.77. The van der Waals surface area contributed by atoms with Gasteiger partial charge < -0.3 is 16.0 Å². The van der Waals surface area contributed by atoms with E-state index in [0.29, 0.717) is 11.4 Å². The van der Waals surface area contributed by atoms with Crippen LogP contribution in [0.25, 0.3) is 6.08 Å². The van der Waals surface area contributed by atoms with Crippen LogP contribution in [-0.2, 0) is 11.0 Å². The number of anilines is 3. The molecule has 0 bridgehead atoms. The summed E-state index contributed by atoms with van der Waals surface area (Å²) in [6.07, 6.45) is 1.53. The zero-order valence-electron chi connectivity index (χ0n) is 17.2. The summed E-state index contributed by atoms with van der Waals surface area (Å²) < 4.78 is 39.0. The summed E-state index contributed by atoms with van der Waals surface area (Å²) in [4.78, 5) is 28.5. The predicted molar refractivity (Wildman–Crippen MR) is 122 cm³/mol. The molecule has 0 saturated heterocycles. The van der Waals surface area contributed by atoms with Crippen LogP contribution in [0.2, 0.25) is 5.02 Å². The summed E-state index contributed by atoms with van der Waals surface area (Å²) in [5, 5.41) is 7.10. The molecular weight excluding hydrogens is 457 g/mol. The largest absolute Gasteiger partial charge is 0.417 e. The van der Waals surface area contributed by atoms with E-state index in [2.05, 4.69) is 20.9 Å². The molecule has 0 aliphatic carbocycles. The number of pyridine rings is 1. The van der Waals surface area contributed by atoms with Gasteiger partial charge in [0.2, 0.25) is 5.91 Å². The number of nitrogens with one attached hydrogen (secondary N) is 3. The van der Waals surface area contributed by atoms with Gasteiger partial charge in [-0.1, -0.05) is 23.7 Å². The lowest BCUT2D eigenvalue weighted by atomic mass is 10.1. The van der Waals surface area contributed by atoms with E-state index in [1.165, 1.54) is 18.2 Å². The van der Waals surface area contributed by atoms with E-state index < -0.39 is 22.8 Å².